The van der Waals surface area contributed by atoms with Gasteiger partial charge in [-0.1, -0.05) is 36.8 Å². The van der Waals surface area contributed by atoms with E-state index in [2.05, 4.69) is 0 Å². The Morgan fingerprint density at radius 1 is 1.08 bits per heavy atom. The number of rotatable bonds is 6. The highest BCUT2D eigenvalue weighted by atomic mass is 32.2. The van der Waals surface area contributed by atoms with Crippen LogP contribution in [0.3, 0.4) is 0 Å². The molecular formula is C19H23NO4S. The average molecular weight is 361 g/mol. The van der Waals surface area contributed by atoms with Crippen molar-refractivity contribution in [1.82, 2.24) is 4.31 Å². The Kier molecular flexibility index (Phi) is 5.30. The van der Waals surface area contributed by atoms with E-state index >= 15 is 0 Å². The second-order valence-electron chi connectivity index (χ2n) is 6.17. The van der Waals surface area contributed by atoms with E-state index in [1.54, 1.807) is 12.1 Å². The van der Waals surface area contributed by atoms with Gasteiger partial charge in [0.2, 0.25) is 10.0 Å². The van der Waals surface area contributed by atoms with Gasteiger partial charge in [0.1, 0.15) is 12.7 Å². The molecule has 0 fully saturated rings. The Bertz CT molecular complexity index is 818. The number of ether oxygens (including phenoxy) is 2. The Hall–Kier alpha value is -2.05. The van der Waals surface area contributed by atoms with Crippen LogP contribution >= 0.6 is 0 Å². The molecule has 0 radical (unpaired) electrons. The molecule has 25 heavy (non-hydrogen) atoms. The fourth-order valence-corrected chi connectivity index (χ4v) is 4.36. The minimum absolute atomic E-state index is 0.262. The lowest BCUT2D eigenvalue weighted by atomic mass is 10.2. The number of fused-ring (bicyclic) bond motifs is 1. The molecule has 1 aliphatic rings. The van der Waals surface area contributed by atoms with Crippen molar-refractivity contribution in [3.8, 4) is 11.5 Å². The van der Waals surface area contributed by atoms with E-state index in [9.17, 15) is 8.42 Å². The molecule has 3 rings (SSSR count). The summed E-state index contributed by atoms with van der Waals surface area (Å²) in [6.45, 7) is 4.94. The molecular weight excluding hydrogens is 338 g/mol. The van der Waals surface area contributed by atoms with Gasteiger partial charge in [0, 0.05) is 6.54 Å². The van der Waals surface area contributed by atoms with Gasteiger partial charge in [-0.2, -0.15) is 4.31 Å². The van der Waals surface area contributed by atoms with E-state index in [0.717, 1.165) is 12.0 Å². The molecule has 1 aliphatic heterocycles. The highest BCUT2D eigenvalue weighted by molar-refractivity contribution is 7.89. The van der Waals surface area contributed by atoms with Crippen LogP contribution in [0.4, 0.5) is 0 Å². The van der Waals surface area contributed by atoms with Crippen LogP contribution in [0.25, 0.3) is 0 Å². The molecule has 0 bridgehead atoms. The lowest BCUT2D eigenvalue weighted by Crippen LogP contribution is -2.44. The second kappa shape index (κ2) is 7.45. The van der Waals surface area contributed by atoms with Gasteiger partial charge >= 0.3 is 0 Å². The zero-order valence-electron chi connectivity index (χ0n) is 14.5. The summed E-state index contributed by atoms with van der Waals surface area (Å²) in [6, 6.07) is 14.4. The molecule has 6 heteroatoms. The molecule has 0 saturated heterocycles. The molecule has 2 aromatic rings. The van der Waals surface area contributed by atoms with Crippen molar-refractivity contribution < 1.29 is 17.9 Å². The van der Waals surface area contributed by atoms with Gasteiger partial charge in [-0.05, 0) is 37.6 Å². The van der Waals surface area contributed by atoms with Crippen LogP contribution in [0, 0.1) is 6.92 Å². The van der Waals surface area contributed by atoms with Crippen LogP contribution in [0.5, 0.6) is 11.5 Å². The van der Waals surface area contributed by atoms with Crippen LogP contribution in [0.2, 0.25) is 0 Å². The highest BCUT2D eigenvalue weighted by Crippen LogP contribution is 2.31. The Labute approximate surface area is 149 Å². The van der Waals surface area contributed by atoms with Crippen molar-refractivity contribution in [2.45, 2.75) is 31.3 Å². The molecule has 0 spiro atoms. The predicted molar refractivity (Wildman–Crippen MR) is 96.6 cm³/mol. The number of para-hydroxylation sites is 2. The van der Waals surface area contributed by atoms with Gasteiger partial charge in [0.05, 0.1) is 11.4 Å². The van der Waals surface area contributed by atoms with Crippen LogP contribution in [0.1, 0.15) is 18.9 Å². The number of hydrogen-bond donors (Lipinski definition) is 0. The molecule has 0 N–H and O–H groups in total. The first-order valence-corrected chi connectivity index (χ1v) is 9.90. The van der Waals surface area contributed by atoms with E-state index in [-0.39, 0.29) is 12.6 Å². The number of sulfonamides is 1. The molecule has 0 saturated carbocycles. The predicted octanol–water partition coefficient (Wildman–Crippen LogP) is 3.24. The third-order valence-corrected chi connectivity index (χ3v) is 5.99. The average Bonchev–Trinajstić information content (AvgIpc) is 2.61. The maximum absolute atomic E-state index is 13.0. The molecule has 1 unspecified atom stereocenters. The van der Waals surface area contributed by atoms with Crippen molar-refractivity contribution >= 4 is 10.0 Å². The van der Waals surface area contributed by atoms with Crippen molar-refractivity contribution in [1.29, 1.82) is 0 Å². The smallest absolute Gasteiger partial charge is 0.243 e. The normalized spacial score (nSPS) is 16.8. The minimum Gasteiger partial charge on any atom is -0.486 e. The maximum atomic E-state index is 13.0. The summed E-state index contributed by atoms with van der Waals surface area (Å²) in [6.07, 6.45) is 0.400. The molecule has 0 aromatic heterocycles. The summed E-state index contributed by atoms with van der Waals surface area (Å²) < 4.78 is 39.1. The van der Waals surface area contributed by atoms with Crippen LogP contribution in [0.15, 0.2) is 53.4 Å². The third-order valence-electron chi connectivity index (χ3n) is 4.11. The largest absolute Gasteiger partial charge is 0.486 e. The number of benzene rings is 2. The van der Waals surface area contributed by atoms with Gasteiger partial charge in [0.15, 0.2) is 11.5 Å². The molecule has 0 amide bonds. The maximum Gasteiger partial charge on any atom is 0.243 e. The summed E-state index contributed by atoms with van der Waals surface area (Å²) in [4.78, 5) is 0.309. The molecule has 2 aromatic carbocycles. The van der Waals surface area contributed by atoms with Gasteiger partial charge in [0.25, 0.3) is 0 Å². The summed E-state index contributed by atoms with van der Waals surface area (Å²) in [5.74, 6) is 1.35. The quantitative estimate of drug-likeness (QED) is 0.793. The standard InChI is InChI=1S/C19H23NO4S/c1-3-12-20(25(21,22)17-10-8-15(2)9-11-17)13-16-14-23-18-6-4-5-7-19(18)24-16/h4-11,16H,3,12-14H2,1-2H3. The molecule has 5 nitrogen and oxygen atoms in total. The summed E-state index contributed by atoms with van der Waals surface area (Å²) in [5.41, 5.74) is 1.03. The third kappa shape index (κ3) is 3.96. The zero-order valence-corrected chi connectivity index (χ0v) is 15.3. The lowest BCUT2D eigenvalue weighted by Gasteiger charge is -2.30. The fraction of sp³-hybridized carbons (Fsp3) is 0.368. The Morgan fingerprint density at radius 2 is 1.76 bits per heavy atom. The van der Waals surface area contributed by atoms with Gasteiger partial charge in [-0.25, -0.2) is 8.42 Å². The van der Waals surface area contributed by atoms with Crippen molar-refractivity contribution in [3.05, 3.63) is 54.1 Å². The monoisotopic (exact) mass is 361 g/mol. The summed E-state index contributed by atoms with van der Waals surface area (Å²) >= 11 is 0. The van der Waals surface area contributed by atoms with Crippen LogP contribution in [-0.2, 0) is 10.0 Å². The van der Waals surface area contributed by atoms with Crippen LogP contribution in [-0.4, -0.2) is 38.5 Å². The lowest BCUT2D eigenvalue weighted by molar-refractivity contribution is 0.0764. The van der Waals surface area contributed by atoms with E-state index in [0.29, 0.717) is 29.5 Å². The first-order chi connectivity index (χ1) is 12.0. The van der Waals surface area contributed by atoms with E-state index in [1.807, 2.05) is 50.2 Å². The fourth-order valence-electron chi connectivity index (χ4n) is 2.80. The SMILES string of the molecule is CCCN(CC1COc2ccccc2O1)S(=O)(=O)c1ccc(C)cc1. The van der Waals surface area contributed by atoms with Gasteiger partial charge < -0.3 is 9.47 Å². The van der Waals surface area contributed by atoms with Crippen molar-refractivity contribution in [2.24, 2.45) is 0 Å². The van der Waals surface area contributed by atoms with E-state index in [4.69, 9.17) is 9.47 Å². The first-order valence-electron chi connectivity index (χ1n) is 8.46. The number of aryl methyl sites for hydroxylation is 1. The second-order valence-corrected chi connectivity index (χ2v) is 8.11. The number of hydrogen-bond acceptors (Lipinski definition) is 4. The van der Waals surface area contributed by atoms with Gasteiger partial charge in [-0.15, -0.1) is 0 Å². The molecule has 134 valence electrons. The Morgan fingerprint density at radius 3 is 2.44 bits per heavy atom. The molecule has 0 aliphatic carbocycles. The highest BCUT2D eigenvalue weighted by Gasteiger charge is 2.30. The Balaban J connectivity index is 1.79. The van der Waals surface area contributed by atoms with E-state index in [1.165, 1.54) is 4.31 Å². The van der Waals surface area contributed by atoms with Crippen LogP contribution < -0.4 is 9.47 Å². The molecule has 1 atom stereocenters. The molecule has 1 heterocycles. The number of nitrogens with zero attached hydrogens (tertiary/aromatic N) is 1. The first kappa shape index (κ1) is 17.8. The topological polar surface area (TPSA) is 55.8 Å². The summed E-state index contributed by atoms with van der Waals surface area (Å²) in [5, 5.41) is 0. The minimum atomic E-state index is -3.56. The van der Waals surface area contributed by atoms with Gasteiger partial charge in [-0.3, -0.25) is 0 Å². The summed E-state index contributed by atoms with van der Waals surface area (Å²) in [7, 11) is -3.56. The van der Waals surface area contributed by atoms with Crippen molar-refractivity contribution in [3.63, 3.8) is 0 Å². The zero-order chi connectivity index (χ0) is 17.9. The van der Waals surface area contributed by atoms with Crippen molar-refractivity contribution in [2.75, 3.05) is 19.7 Å². The van der Waals surface area contributed by atoms with E-state index < -0.39 is 10.0 Å².